The Hall–Kier alpha value is -3.08. The second-order valence-corrected chi connectivity index (χ2v) is 4.82. The Bertz CT molecular complexity index is 707. The largest absolute Gasteiger partial charge is 0.478 e. The average molecular weight is 311 g/mol. The van der Waals surface area contributed by atoms with Crippen LogP contribution >= 0.6 is 0 Å². The first-order valence-corrected chi connectivity index (χ1v) is 7.04. The quantitative estimate of drug-likeness (QED) is 0.801. The zero-order valence-corrected chi connectivity index (χ0v) is 12.5. The molecule has 2 N–H and O–H groups in total. The van der Waals surface area contributed by atoms with Crippen LogP contribution in [0.1, 0.15) is 15.9 Å². The van der Waals surface area contributed by atoms with Crippen LogP contribution in [0.5, 0.6) is 0 Å². The molecular weight excluding hydrogens is 294 g/mol. The first-order valence-electron chi connectivity index (χ1n) is 7.04. The summed E-state index contributed by atoms with van der Waals surface area (Å²) in [6.07, 6.45) is 1.00. The van der Waals surface area contributed by atoms with Crippen LogP contribution in [0.3, 0.4) is 0 Å². The van der Waals surface area contributed by atoms with E-state index >= 15 is 0 Å². The summed E-state index contributed by atoms with van der Waals surface area (Å²) in [6.45, 7) is 3.98. The predicted octanol–water partition coefficient (Wildman–Crippen LogP) is 3.46. The van der Waals surface area contributed by atoms with Gasteiger partial charge >= 0.3 is 12.1 Å². The third-order valence-electron chi connectivity index (χ3n) is 3.16. The van der Waals surface area contributed by atoms with Gasteiger partial charge in [-0.3, -0.25) is 0 Å². The third kappa shape index (κ3) is 4.71. The van der Waals surface area contributed by atoms with Crippen molar-refractivity contribution < 1.29 is 19.4 Å². The predicted molar refractivity (Wildman–Crippen MR) is 87.2 cm³/mol. The topological polar surface area (TPSA) is 75.6 Å². The first-order chi connectivity index (χ1) is 11.1. The molecule has 0 spiro atoms. The Morgan fingerprint density at radius 3 is 2.52 bits per heavy atom. The molecular formula is C18H17NO4. The van der Waals surface area contributed by atoms with Gasteiger partial charge in [0.1, 0.15) is 6.61 Å². The molecule has 2 aromatic rings. The van der Waals surface area contributed by atoms with Crippen LogP contribution in [-0.4, -0.2) is 23.8 Å². The summed E-state index contributed by atoms with van der Waals surface area (Å²) >= 11 is 0. The number of carbonyl (C=O) groups is 2. The number of benzene rings is 2. The minimum absolute atomic E-state index is 0.168. The molecule has 5 nitrogen and oxygen atoms in total. The molecule has 2 aromatic carbocycles. The minimum atomic E-state index is -0.951. The first kappa shape index (κ1) is 16.3. The van der Waals surface area contributed by atoms with Crippen molar-refractivity contribution in [2.75, 3.05) is 6.61 Å². The maximum Gasteiger partial charge on any atom is 0.407 e. The van der Waals surface area contributed by atoms with E-state index in [-0.39, 0.29) is 12.2 Å². The molecule has 0 aliphatic carbocycles. The Morgan fingerprint density at radius 1 is 1.13 bits per heavy atom. The fourth-order valence-corrected chi connectivity index (χ4v) is 2.03. The lowest BCUT2D eigenvalue weighted by Crippen LogP contribution is -2.23. The maximum atomic E-state index is 11.4. The van der Waals surface area contributed by atoms with Crippen molar-refractivity contribution in [1.82, 2.24) is 5.32 Å². The van der Waals surface area contributed by atoms with E-state index in [4.69, 9.17) is 9.84 Å². The van der Waals surface area contributed by atoms with E-state index < -0.39 is 12.1 Å². The second-order valence-electron chi connectivity index (χ2n) is 4.82. The highest BCUT2D eigenvalue weighted by atomic mass is 16.5. The molecule has 1 amide bonds. The number of hydrogen-bond acceptors (Lipinski definition) is 3. The standard InChI is InChI=1S/C18H17NO4/c1-2-10-23-18(22)19-12-13-4-3-5-16(11-13)14-6-8-15(9-7-14)17(20)21/h2-9,11H,1,10,12H2,(H,19,22)(H,20,21). The molecule has 0 aromatic heterocycles. The van der Waals surface area contributed by atoms with Gasteiger partial charge in [-0.05, 0) is 34.9 Å². The Labute approximate surface area is 134 Å². The van der Waals surface area contributed by atoms with Crippen LogP contribution in [0.25, 0.3) is 11.1 Å². The van der Waals surface area contributed by atoms with E-state index in [1.807, 2.05) is 24.3 Å². The number of hydrogen-bond donors (Lipinski definition) is 2. The molecule has 0 bridgehead atoms. The summed E-state index contributed by atoms with van der Waals surface area (Å²) in [6, 6.07) is 14.3. The van der Waals surface area contributed by atoms with Crippen molar-refractivity contribution in [1.29, 1.82) is 0 Å². The molecule has 0 saturated carbocycles. The number of nitrogens with one attached hydrogen (secondary N) is 1. The van der Waals surface area contributed by atoms with Gasteiger partial charge in [-0.25, -0.2) is 9.59 Å². The van der Waals surface area contributed by atoms with Gasteiger partial charge in [0.15, 0.2) is 0 Å². The summed E-state index contributed by atoms with van der Waals surface area (Å²) in [5, 5.41) is 11.6. The fourth-order valence-electron chi connectivity index (χ4n) is 2.03. The molecule has 5 heteroatoms. The summed E-state index contributed by atoms with van der Waals surface area (Å²) in [5.41, 5.74) is 3.02. The van der Waals surface area contributed by atoms with Crippen LogP contribution in [0.4, 0.5) is 4.79 Å². The van der Waals surface area contributed by atoms with E-state index in [1.165, 1.54) is 6.08 Å². The zero-order valence-electron chi connectivity index (χ0n) is 12.5. The number of carboxylic acids is 1. The average Bonchev–Trinajstić information content (AvgIpc) is 2.58. The lowest BCUT2D eigenvalue weighted by Gasteiger charge is -2.08. The van der Waals surface area contributed by atoms with Gasteiger partial charge in [0.05, 0.1) is 5.56 Å². The van der Waals surface area contributed by atoms with Crippen LogP contribution in [0.15, 0.2) is 61.2 Å². The van der Waals surface area contributed by atoms with Crippen LogP contribution < -0.4 is 5.32 Å². The zero-order chi connectivity index (χ0) is 16.7. The van der Waals surface area contributed by atoms with Crippen LogP contribution in [0, 0.1) is 0 Å². The van der Waals surface area contributed by atoms with Gasteiger partial charge in [-0.2, -0.15) is 0 Å². The molecule has 0 radical (unpaired) electrons. The highest BCUT2D eigenvalue weighted by molar-refractivity contribution is 5.88. The van der Waals surface area contributed by atoms with Crippen molar-refractivity contribution in [3.05, 3.63) is 72.3 Å². The van der Waals surface area contributed by atoms with Crippen molar-refractivity contribution in [3.63, 3.8) is 0 Å². The highest BCUT2D eigenvalue weighted by Gasteiger charge is 2.05. The summed E-state index contributed by atoms with van der Waals surface area (Å²) < 4.78 is 4.84. The second kappa shape index (κ2) is 7.79. The van der Waals surface area contributed by atoms with E-state index in [0.717, 1.165) is 16.7 Å². The maximum absolute atomic E-state index is 11.4. The molecule has 118 valence electrons. The minimum Gasteiger partial charge on any atom is -0.478 e. The number of amides is 1. The summed E-state index contributed by atoms with van der Waals surface area (Å²) in [7, 11) is 0. The number of rotatable bonds is 6. The number of aromatic carboxylic acids is 1. The number of carbonyl (C=O) groups excluding carboxylic acids is 1. The molecule has 0 fully saturated rings. The monoisotopic (exact) mass is 311 g/mol. The Morgan fingerprint density at radius 2 is 1.87 bits per heavy atom. The van der Waals surface area contributed by atoms with Crippen molar-refractivity contribution in [2.45, 2.75) is 6.54 Å². The SMILES string of the molecule is C=CCOC(=O)NCc1cccc(-c2ccc(C(=O)O)cc2)c1. The molecule has 0 saturated heterocycles. The molecule has 0 unspecified atom stereocenters. The van der Waals surface area contributed by atoms with Crippen molar-refractivity contribution in [3.8, 4) is 11.1 Å². The van der Waals surface area contributed by atoms with Gasteiger partial charge in [-0.1, -0.05) is 43.0 Å². The van der Waals surface area contributed by atoms with Crippen LogP contribution in [0.2, 0.25) is 0 Å². The van der Waals surface area contributed by atoms with Gasteiger partial charge in [0.2, 0.25) is 0 Å². The van der Waals surface area contributed by atoms with E-state index in [9.17, 15) is 9.59 Å². The van der Waals surface area contributed by atoms with E-state index in [1.54, 1.807) is 24.3 Å². The normalized spacial score (nSPS) is 9.91. The van der Waals surface area contributed by atoms with Crippen LogP contribution in [-0.2, 0) is 11.3 Å². The lowest BCUT2D eigenvalue weighted by atomic mass is 10.0. The van der Waals surface area contributed by atoms with Gasteiger partial charge in [0.25, 0.3) is 0 Å². The van der Waals surface area contributed by atoms with Crippen molar-refractivity contribution in [2.24, 2.45) is 0 Å². The molecule has 0 aliphatic heterocycles. The van der Waals surface area contributed by atoms with Crippen molar-refractivity contribution >= 4 is 12.1 Å². The molecule has 23 heavy (non-hydrogen) atoms. The molecule has 0 aliphatic rings. The van der Waals surface area contributed by atoms with Gasteiger partial charge < -0.3 is 15.2 Å². The Kier molecular flexibility index (Phi) is 5.52. The number of ether oxygens (including phenoxy) is 1. The molecule has 2 rings (SSSR count). The van der Waals surface area contributed by atoms with Gasteiger partial charge in [0, 0.05) is 6.54 Å². The molecule has 0 atom stereocenters. The number of alkyl carbamates (subject to hydrolysis) is 1. The summed E-state index contributed by atoms with van der Waals surface area (Å²) in [4.78, 5) is 22.3. The highest BCUT2D eigenvalue weighted by Crippen LogP contribution is 2.21. The fraction of sp³-hybridized carbons (Fsp3) is 0.111. The van der Waals surface area contributed by atoms with Gasteiger partial charge in [-0.15, -0.1) is 0 Å². The smallest absolute Gasteiger partial charge is 0.407 e. The Balaban J connectivity index is 2.05. The van der Waals surface area contributed by atoms with E-state index in [2.05, 4.69) is 11.9 Å². The summed E-state index contributed by atoms with van der Waals surface area (Å²) in [5.74, 6) is -0.951. The number of carboxylic acid groups (broad SMARTS) is 1. The molecule has 0 heterocycles. The third-order valence-corrected chi connectivity index (χ3v) is 3.16. The lowest BCUT2D eigenvalue weighted by molar-refractivity contribution is 0.0697. The van der Waals surface area contributed by atoms with E-state index in [0.29, 0.717) is 6.54 Å².